The number of ether oxygens (including phenoxy) is 1. The van der Waals surface area contributed by atoms with Gasteiger partial charge in [0.25, 0.3) is 0 Å². The van der Waals surface area contributed by atoms with Gasteiger partial charge < -0.3 is 25.8 Å². The highest BCUT2D eigenvalue weighted by Gasteiger charge is 2.22. The molecular formula is C18H26N8O2. The standard InChI is InChI=1S/C18H26N8O2/c1-18(2,27)11-23-15-13(10-20-3)14(12-8-21-16(19)22-9-12)24-17(25-15)26-4-6-28-7-5-26/h8-10,27H,4-7,11H2,1-3H3,(H2,19,21,22)(H,23,24,25). The lowest BCUT2D eigenvalue weighted by atomic mass is 10.1. The monoisotopic (exact) mass is 386 g/mol. The number of nitrogens with zero attached hydrogens (tertiary/aromatic N) is 6. The molecule has 0 spiro atoms. The van der Waals surface area contributed by atoms with Gasteiger partial charge in [-0.15, -0.1) is 0 Å². The fourth-order valence-electron chi connectivity index (χ4n) is 2.73. The maximum atomic E-state index is 10.1. The van der Waals surface area contributed by atoms with E-state index >= 15 is 0 Å². The lowest BCUT2D eigenvalue weighted by Gasteiger charge is -2.28. The highest BCUT2D eigenvalue weighted by atomic mass is 16.5. The van der Waals surface area contributed by atoms with Crippen molar-refractivity contribution in [2.24, 2.45) is 4.99 Å². The van der Waals surface area contributed by atoms with Crippen LogP contribution in [-0.4, -0.2) is 76.8 Å². The molecule has 150 valence electrons. The van der Waals surface area contributed by atoms with Crippen molar-refractivity contribution in [3.63, 3.8) is 0 Å². The third-order valence-electron chi connectivity index (χ3n) is 4.12. The van der Waals surface area contributed by atoms with Crippen molar-refractivity contribution in [2.45, 2.75) is 19.4 Å². The van der Waals surface area contributed by atoms with E-state index in [4.69, 9.17) is 20.4 Å². The number of anilines is 3. The summed E-state index contributed by atoms with van der Waals surface area (Å²) >= 11 is 0. The van der Waals surface area contributed by atoms with Crippen LogP contribution in [0.2, 0.25) is 0 Å². The number of nitrogen functional groups attached to an aromatic ring is 1. The second-order valence-electron chi connectivity index (χ2n) is 7.12. The Morgan fingerprint density at radius 2 is 1.96 bits per heavy atom. The Labute approximate surface area is 163 Å². The van der Waals surface area contributed by atoms with E-state index in [-0.39, 0.29) is 5.95 Å². The zero-order valence-electron chi connectivity index (χ0n) is 16.4. The zero-order chi connectivity index (χ0) is 20.1. The summed E-state index contributed by atoms with van der Waals surface area (Å²) in [6.07, 6.45) is 4.93. The average Bonchev–Trinajstić information content (AvgIpc) is 2.68. The smallest absolute Gasteiger partial charge is 0.228 e. The summed E-state index contributed by atoms with van der Waals surface area (Å²) in [4.78, 5) is 23.8. The Morgan fingerprint density at radius 3 is 2.57 bits per heavy atom. The average molecular weight is 386 g/mol. The summed E-state index contributed by atoms with van der Waals surface area (Å²) in [5, 5.41) is 13.4. The molecule has 0 radical (unpaired) electrons. The van der Waals surface area contributed by atoms with Crippen molar-refractivity contribution in [1.29, 1.82) is 0 Å². The van der Waals surface area contributed by atoms with Crippen molar-refractivity contribution in [1.82, 2.24) is 19.9 Å². The zero-order valence-corrected chi connectivity index (χ0v) is 16.4. The van der Waals surface area contributed by atoms with Gasteiger partial charge in [-0.05, 0) is 13.8 Å². The third kappa shape index (κ3) is 4.90. The molecular weight excluding hydrogens is 360 g/mol. The molecule has 0 amide bonds. The number of aliphatic imine (C=N–C) groups is 1. The van der Waals surface area contributed by atoms with Gasteiger partial charge in [0.2, 0.25) is 11.9 Å². The summed E-state index contributed by atoms with van der Waals surface area (Å²) in [5.41, 5.74) is 6.75. The Kier molecular flexibility index (Phi) is 6.00. The van der Waals surface area contributed by atoms with E-state index in [2.05, 4.69) is 25.2 Å². The number of morpholine rings is 1. The molecule has 0 atom stereocenters. The van der Waals surface area contributed by atoms with Gasteiger partial charge in [-0.1, -0.05) is 0 Å². The number of hydrogen-bond acceptors (Lipinski definition) is 10. The molecule has 3 rings (SSSR count). The first-order valence-electron chi connectivity index (χ1n) is 9.08. The third-order valence-corrected chi connectivity index (χ3v) is 4.12. The minimum Gasteiger partial charge on any atom is -0.389 e. The molecule has 1 aliphatic heterocycles. The molecule has 10 nitrogen and oxygen atoms in total. The summed E-state index contributed by atoms with van der Waals surface area (Å²) in [5.74, 6) is 1.34. The molecule has 2 aromatic heterocycles. The van der Waals surface area contributed by atoms with Crippen LogP contribution in [0.3, 0.4) is 0 Å². The summed E-state index contributed by atoms with van der Waals surface area (Å²) in [6, 6.07) is 0. The molecule has 1 aliphatic rings. The van der Waals surface area contributed by atoms with Gasteiger partial charge in [0.05, 0.1) is 30.1 Å². The lowest BCUT2D eigenvalue weighted by Crippen LogP contribution is -2.38. The van der Waals surface area contributed by atoms with Crippen molar-refractivity contribution in [3.8, 4) is 11.3 Å². The van der Waals surface area contributed by atoms with Crippen LogP contribution in [0.5, 0.6) is 0 Å². The first-order valence-corrected chi connectivity index (χ1v) is 9.08. The van der Waals surface area contributed by atoms with Gasteiger partial charge in [0.1, 0.15) is 5.82 Å². The minimum absolute atomic E-state index is 0.192. The first kappa shape index (κ1) is 19.9. The molecule has 3 heterocycles. The van der Waals surface area contributed by atoms with Crippen molar-refractivity contribution in [3.05, 3.63) is 18.0 Å². The maximum Gasteiger partial charge on any atom is 0.228 e. The molecule has 1 fully saturated rings. The van der Waals surface area contributed by atoms with Crippen LogP contribution < -0.4 is 16.0 Å². The lowest BCUT2D eigenvalue weighted by molar-refractivity contribution is 0.0944. The molecule has 0 bridgehead atoms. The number of hydrogen-bond donors (Lipinski definition) is 3. The molecule has 0 unspecified atom stereocenters. The SMILES string of the molecule is CN=Cc1c(NCC(C)(C)O)nc(N2CCOCC2)nc1-c1cnc(N)nc1. The number of aliphatic hydroxyl groups is 1. The van der Waals surface area contributed by atoms with Gasteiger partial charge in [-0.25, -0.2) is 15.0 Å². The molecule has 0 aliphatic carbocycles. The van der Waals surface area contributed by atoms with Gasteiger partial charge in [-0.3, -0.25) is 4.99 Å². The van der Waals surface area contributed by atoms with Gasteiger partial charge in [0, 0.05) is 50.9 Å². The molecule has 0 aromatic carbocycles. The number of aromatic nitrogens is 4. The van der Waals surface area contributed by atoms with Crippen LogP contribution in [0, 0.1) is 0 Å². The van der Waals surface area contributed by atoms with E-state index in [1.807, 2.05) is 0 Å². The van der Waals surface area contributed by atoms with Crippen LogP contribution in [0.1, 0.15) is 19.4 Å². The predicted molar refractivity (Wildman–Crippen MR) is 109 cm³/mol. The normalized spacial score (nSPS) is 15.2. The number of nitrogens with one attached hydrogen (secondary N) is 1. The van der Waals surface area contributed by atoms with Crippen LogP contribution in [-0.2, 0) is 4.74 Å². The fourth-order valence-corrected chi connectivity index (χ4v) is 2.73. The van der Waals surface area contributed by atoms with Crippen LogP contribution in [0.4, 0.5) is 17.7 Å². The van der Waals surface area contributed by atoms with Gasteiger partial charge in [0.15, 0.2) is 0 Å². The second kappa shape index (κ2) is 8.44. The van der Waals surface area contributed by atoms with Gasteiger partial charge >= 0.3 is 0 Å². The molecule has 0 saturated carbocycles. The fraction of sp³-hybridized carbons (Fsp3) is 0.500. The van der Waals surface area contributed by atoms with Crippen molar-refractivity contribution in [2.75, 3.05) is 55.8 Å². The highest BCUT2D eigenvalue weighted by Crippen LogP contribution is 2.28. The van der Waals surface area contributed by atoms with E-state index in [1.165, 1.54) is 0 Å². The summed E-state index contributed by atoms with van der Waals surface area (Å²) < 4.78 is 5.43. The number of nitrogens with two attached hydrogens (primary N) is 1. The van der Waals surface area contributed by atoms with E-state index in [0.29, 0.717) is 61.4 Å². The molecule has 4 N–H and O–H groups in total. The van der Waals surface area contributed by atoms with Crippen LogP contribution in [0.15, 0.2) is 17.4 Å². The van der Waals surface area contributed by atoms with E-state index in [1.54, 1.807) is 39.5 Å². The predicted octanol–water partition coefficient (Wildman–Crippen LogP) is 0.584. The van der Waals surface area contributed by atoms with Crippen LogP contribution >= 0.6 is 0 Å². The van der Waals surface area contributed by atoms with E-state index in [9.17, 15) is 5.11 Å². The quantitative estimate of drug-likeness (QED) is 0.609. The summed E-state index contributed by atoms with van der Waals surface area (Å²) in [7, 11) is 1.68. The second-order valence-corrected chi connectivity index (χ2v) is 7.12. The van der Waals surface area contributed by atoms with Gasteiger partial charge in [-0.2, -0.15) is 4.98 Å². The maximum absolute atomic E-state index is 10.1. The molecule has 1 saturated heterocycles. The van der Waals surface area contributed by atoms with Crippen molar-refractivity contribution < 1.29 is 9.84 Å². The Morgan fingerprint density at radius 1 is 1.29 bits per heavy atom. The topological polar surface area (TPSA) is 135 Å². The largest absolute Gasteiger partial charge is 0.389 e. The van der Waals surface area contributed by atoms with E-state index in [0.717, 1.165) is 0 Å². The molecule has 28 heavy (non-hydrogen) atoms. The Balaban J connectivity index is 2.11. The number of rotatable bonds is 6. The first-order chi connectivity index (χ1) is 13.4. The Bertz CT molecular complexity index is 827. The van der Waals surface area contributed by atoms with Crippen molar-refractivity contribution >= 4 is 23.9 Å². The molecule has 2 aromatic rings. The minimum atomic E-state index is -0.908. The highest BCUT2D eigenvalue weighted by molar-refractivity contribution is 5.94. The van der Waals surface area contributed by atoms with E-state index < -0.39 is 5.60 Å². The summed E-state index contributed by atoms with van der Waals surface area (Å²) in [6.45, 7) is 6.41. The Hall–Kier alpha value is -2.85. The molecule has 10 heteroatoms. The van der Waals surface area contributed by atoms with Crippen LogP contribution in [0.25, 0.3) is 11.3 Å².